The van der Waals surface area contributed by atoms with E-state index in [-0.39, 0.29) is 22.6 Å². The van der Waals surface area contributed by atoms with Crippen LogP contribution in [0.25, 0.3) is 0 Å². The number of carbonyl (C=O) groups is 3. The molecule has 9 nitrogen and oxygen atoms in total. The Kier molecular flexibility index (Phi) is 9.85. The molecule has 1 aliphatic rings. The maximum absolute atomic E-state index is 12.8. The predicted octanol–water partition coefficient (Wildman–Crippen LogP) is 2.05. The van der Waals surface area contributed by atoms with Gasteiger partial charge in [0.25, 0.3) is 0 Å². The molecule has 0 aromatic heterocycles. The molecule has 3 N–H and O–H groups in total. The van der Waals surface area contributed by atoms with Gasteiger partial charge in [0.2, 0.25) is 21.8 Å². The Labute approximate surface area is 196 Å². The summed E-state index contributed by atoms with van der Waals surface area (Å²) in [5.41, 5.74) is 0.931. The number of rotatable bonds is 11. The van der Waals surface area contributed by atoms with E-state index < -0.39 is 28.1 Å². The molecule has 0 unspecified atom stereocenters. The van der Waals surface area contributed by atoms with Crippen molar-refractivity contribution in [2.24, 2.45) is 5.92 Å². The van der Waals surface area contributed by atoms with E-state index >= 15 is 0 Å². The van der Waals surface area contributed by atoms with Crippen LogP contribution in [0.15, 0.2) is 29.2 Å². The van der Waals surface area contributed by atoms with Gasteiger partial charge >= 0.3 is 5.97 Å². The Morgan fingerprint density at radius 2 is 1.73 bits per heavy atom. The monoisotopic (exact) mass is 481 g/mol. The fourth-order valence-electron chi connectivity index (χ4n) is 3.85. The average Bonchev–Trinajstić information content (AvgIpc) is 2.77. The lowest BCUT2D eigenvalue weighted by Crippen LogP contribution is -2.51. The molecule has 10 heteroatoms. The van der Waals surface area contributed by atoms with Crippen molar-refractivity contribution in [1.82, 2.24) is 14.9 Å². The van der Waals surface area contributed by atoms with Gasteiger partial charge < -0.3 is 15.3 Å². The third kappa shape index (κ3) is 7.82. The highest BCUT2D eigenvalue weighted by Crippen LogP contribution is 2.19. The first-order valence-electron chi connectivity index (χ1n) is 11.5. The number of likely N-dealkylation sites (tertiary alicyclic amines) is 1. The van der Waals surface area contributed by atoms with Gasteiger partial charge in [-0.15, -0.1) is 0 Å². The highest BCUT2D eigenvalue weighted by Gasteiger charge is 2.32. The Morgan fingerprint density at radius 3 is 2.27 bits per heavy atom. The number of aryl methyl sites for hydroxylation is 1. The zero-order valence-corrected chi connectivity index (χ0v) is 20.4. The molecule has 1 heterocycles. The molecule has 1 saturated heterocycles. The zero-order chi connectivity index (χ0) is 24.6. The lowest BCUT2D eigenvalue weighted by atomic mass is 9.95. The minimum Gasteiger partial charge on any atom is -0.480 e. The summed E-state index contributed by atoms with van der Waals surface area (Å²) in [5, 5.41) is 12.0. The Bertz CT molecular complexity index is 924. The zero-order valence-electron chi connectivity index (χ0n) is 19.5. The van der Waals surface area contributed by atoms with E-state index in [1.807, 2.05) is 13.8 Å². The van der Waals surface area contributed by atoms with Crippen LogP contribution in [0.2, 0.25) is 0 Å². The minimum atomic E-state index is -3.83. The van der Waals surface area contributed by atoms with Gasteiger partial charge in [0.15, 0.2) is 0 Å². The summed E-state index contributed by atoms with van der Waals surface area (Å²) in [6.07, 6.45) is 3.80. The summed E-state index contributed by atoms with van der Waals surface area (Å²) in [7, 11) is -3.83. The molecule has 33 heavy (non-hydrogen) atoms. The van der Waals surface area contributed by atoms with Crippen molar-refractivity contribution in [3.05, 3.63) is 29.8 Å². The highest BCUT2D eigenvalue weighted by atomic mass is 32.2. The second kappa shape index (κ2) is 12.1. The molecule has 0 aliphatic carbocycles. The maximum Gasteiger partial charge on any atom is 0.326 e. The lowest BCUT2D eigenvalue weighted by molar-refractivity contribution is -0.143. The van der Waals surface area contributed by atoms with E-state index in [4.69, 9.17) is 0 Å². The Balaban J connectivity index is 1.87. The molecule has 1 aromatic carbocycles. The number of unbranched alkanes of at least 4 members (excludes halogenated alkanes) is 2. The number of amides is 2. The van der Waals surface area contributed by atoms with Crippen LogP contribution in [-0.2, 0) is 24.4 Å². The number of aliphatic carboxylic acids is 1. The van der Waals surface area contributed by atoms with Gasteiger partial charge in [-0.3, -0.25) is 9.59 Å². The minimum absolute atomic E-state index is 0.0926. The summed E-state index contributed by atoms with van der Waals surface area (Å²) in [6, 6.07) is 4.51. The van der Waals surface area contributed by atoms with E-state index in [1.165, 1.54) is 19.1 Å². The molecule has 1 aromatic rings. The lowest BCUT2D eigenvalue weighted by Gasteiger charge is -2.33. The number of benzene rings is 1. The normalized spacial score (nSPS) is 16.8. The number of sulfonamides is 1. The van der Waals surface area contributed by atoms with Crippen LogP contribution in [0.1, 0.15) is 57.9 Å². The van der Waals surface area contributed by atoms with Gasteiger partial charge in [-0.25, -0.2) is 13.2 Å². The Morgan fingerprint density at radius 1 is 1.12 bits per heavy atom. The number of carboxylic acid groups (broad SMARTS) is 1. The molecule has 0 saturated carbocycles. The van der Waals surface area contributed by atoms with Gasteiger partial charge in [0.05, 0.1) is 10.9 Å². The fraction of sp³-hybridized carbons (Fsp3) is 0.609. The predicted molar refractivity (Wildman–Crippen MR) is 124 cm³/mol. The second-order valence-electron chi connectivity index (χ2n) is 8.65. The first-order chi connectivity index (χ1) is 15.5. The third-order valence-electron chi connectivity index (χ3n) is 5.92. The first kappa shape index (κ1) is 26.8. The van der Waals surface area contributed by atoms with E-state index in [2.05, 4.69) is 10.0 Å². The molecule has 0 spiro atoms. The van der Waals surface area contributed by atoms with Gasteiger partial charge in [0, 0.05) is 19.0 Å². The van der Waals surface area contributed by atoms with Crippen molar-refractivity contribution in [2.45, 2.75) is 76.3 Å². The number of carboxylic acids is 1. The molecule has 2 atom stereocenters. The van der Waals surface area contributed by atoms with Crippen molar-refractivity contribution >= 4 is 27.8 Å². The van der Waals surface area contributed by atoms with Crippen molar-refractivity contribution in [3.63, 3.8) is 0 Å². The maximum atomic E-state index is 12.8. The van der Waals surface area contributed by atoms with Crippen LogP contribution in [0, 0.1) is 12.8 Å². The third-order valence-corrected chi connectivity index (χ3v) is 7.48. The topological polar surface area (TPSA) is 133 Å². The summed E-state index contributed by atoms with van der Waals surface area (Å²) in [6.45, 7) is 5.99. The molecule has 184 valence electrons. The highest BCUT2D eigenvalue weighted by molar-refractivity contribution is 7.89. The molecule has 1 fully saturated rings. The van der Waals surface area contributed by atoms with Gasteiger partial charge in [0.1, 0.15) is 6.04 Å². The van der Waals surface area contributed by atoms with Crippen LogP contribution >= 0.6 is 0 Å². The quantitative estimate of drug-likeness (QED) is 0.414. The molecule has 2 amide bonds. The van der Waals surface area contributed by atoms with E-state index in [0.29, 0.717) is 32.4 Å². The van der Waals surface area contributed by atoms with Crippen LogP contribution in [0.4, 0.5) is 0 Å². The summed E-state index contributed by atoms with van der Waals surface area (Å²) < 4.78 is 27.5. The van der Waals surface area contributed by atoms with Gasteiger partial charge in [-0.2, -0.15) is 4.72 Å². The van der Waals surface area contributed by atoms with Crippen molar-refractivity contribution in [1.29, 1.82) is 0 Å². The number of hydrogen-bond donors (Lipinski definition) is 3. The van der Waals surface area contributed by atoms with Crippen molar-refractivity contribution < 1.29 is 27.9 Å². The standard InChI is InChI=1S/C23H35N3O6S/c1-4-5-6-7-20(23(29)30)24-21(27)18-12-14-26(15-13-18)22(28)17(3)25-33(31,32)19-10-8-16(2)9-11-19/h8-11,17-18,20,25H,4-7,12-15H2,1-3H3,(H,24,27)(H,29,30)/t17-,20+/m0/s1. The molecule has 1 aliphatic heterocycles. The first-order valence-corrected chi connectivity index (χ1v) is 12.9. The van der Waals surface area contributed by atoms with E-state index in [9.17, 15) is 27.9 Å². The average molecular weight is 482 g/mol. The van der Waals surface area contributed by atoms with E-state index in [0.717, 1.165) is 24.8 Å². The van der Waals surface area contributed by atoms with Crippen LogP contribution < -0.4 is 10.0 Å². The van der Waals surface area contributed by atoms with Gasteiger partial charge in [-0.1, -0.05) is 43.9 Å². The number of hydrogen-bond acceptors (Lipinski definition) is 5. The fourth-order valence-corrected chi connectivity index (χ4v) is 5.05. The largest absolute Gasteiger partial charge is 0.480 e. The molecular weight excluding hydrogens is 446 g/mol. The number of nitrogens with one attached hydrogen (secondary N) is 2. The van der Waals surface area contributed by atoms with Crippen LogP contribution in [-0.4, -0.2) is 61.4 Å². The van der Waals surface area contributed by atoms with Crippen LogP contribution in [0.3, 0.4) is 0 Å². The molecular formula is C23H35N3O6S. The molecule has 0 bridgehead atoms. The number of nitrogens with zero attached hydrogens (tertiary/aromatic N) is 1. The number of piperidine rings is 1. The van der Waals surface area contributed by atoms with E-state index in [1.54, 1.807) is 17.0 Å². The van der Waals surface area contributed by atoms with Crippen molar-refractivity contribution in [3.8, 4) is 0 Å². The number of carbonyl (C=O) groups excluding carboxylic acids is 2. The smallest absolute Gasteiger partial charge is 0.326 e. The van der Waals surface area contributed by atoms with Crippen molar-refractivity contribution in [2.75, 3.05) is 13.1 Å². The summed E-state index contributed by atoms with van der Waals surface area (Å²) in [4.78, 5) is 38.4. The Hall–Kier alpha value is -2.46. The SMILES string of the molecule is CCCCC[C@@H](NC(=O)C1CCN(C(=O)[C@H](C)NS(=O)(=O)c2ccc(C)cc2)CC1)C(=O)O. The summed E-state index contributed by atoms with van der Waals surface area (Å²) >= 11 is 0. The molecule has 0 radical (unpaired) electrons. The van der Waals surface area contributed by atoms with Gasteiger partial charge in [-0.05, 0) is 45.2 Å². The second-order valence-corrected chi connectivity index (χ2v) is 10.4. The van der Waals surface area contributed by atoms with Crippen LogP contribution in [0.5, 0.6) is 0 Å². The summed E-state index contributed by atoms with van der Waals surface area (Å²) in [5.74, 6) is -2.07. The molecule has 2 rings (SSSR count).